The first-order valence-electron chi connectivity index (χ1n) is 12.2. The molecule has 1 aromatic carbocycles. The molecule has 2 heterocycles. The summed E-state index contributed by atoms with van der Waals surface area (Å²) in [5, 5.41) is 0. The summed E-state index contributed by atoms with van der Waals surface area (Å²) >= 11 is 0. The minimum atomic E-state index is -3.73. The van der Waals surface area contributed by atoms with Gasteiger partial charge in [-0.2, -0.15) is 0 Å². The summed E-state index contributed by atoms with van der Waals surface area (Å²) in [7, 11) is -5.54. The zero-order chi connectivity index (χ0) is 24.9. The number of rotatable bonds is 7. The number of benzene rings is 1. The van der Waals surface area contributed by atoms with E-state index in [0.29, 0.717) is 40.1 Å². The monoisotopic (exact) mass is 491 g/mol. The number of aryl methyl sites for hydroxylation is 1. The number of allylic oxidation sites excluding steroid dienone is 1. The molecule has 1 atom stereocenters. The van der Waals surface area contributed by atoms with Gasteiger partial charge in [0.15, 0.2) is 0 Å². The molecule has 0 spiro atoms. The van der Waals surface area contributed by atoms with Gasteiger partial charge in [0.1, 0.15) is 5.60 Å². The number of carbonyl (C=O) groups excluding carboxylic acids is 1. The Labute approximate surface area is 201 Å². The molecule has 1 amide bonds. The van der Waals surface area contributed by atoms with E-state index in [1.54, 1.807) is 17.0 Å². The first kappa shape index (κ1) is 26.0. The maximum Gasteiger partial charge on any atom is 0.415 e. The molecule has 0 aliphatic carbocycles. The third-order valence-electron chi connectivity index (χ3n) is 8.15. The van der Waals surface area contributed by atoms with Crippen molar-refractivity contribution < 1.29 is 17.9 Å². The quantitative estimate of drug-likeness (QED) is 0.383. The van der Waals surface area contributed by atoms with Crippen LogP contribution >= 0.6 is 0 Å². The molecule has 1 saturated heterocycles. The molecule has 0 bridgehead atoms. The summed E-state index contributed by atoms with van der Waals surface area (Å²) in [5.74, 6) is 0. The summed E-state index contributed by atoms with van der Waals surface area (Å²) in [6.07, 6.45) is 0.678. The molecule has 0 saturated carbocycles. The number of fused-ring (bicyclic) bond motifs is 1. The van der Waals surface area contributed by atoms with E-state index in [1.165, 1.54) is 0 Å². The third-order valence-corrected chi connectivity index (χ3v) is 17.7. The first-order valence-corrected chi connectivity index (χ1v) is 16.2. The van der Waals surface area contributed by atoms with Gasteiger partial charge in [0, 0.05) is 6.04 Å². The molecule has 2 aliphatic heterocycles. The van der Waals surface area contributed by atoms with Gasteiger partial charge < -0.3 is 4.74 Å². The highest BCUT2D eigenvalue weighted by Crippen LogP contribution is 2.51. The summed E-state index contributed by atoms with van der Waals surface area (Å²) in [6.45, 7) is 19.5. The Morgan fingerprint density at radius 2 is 1.55 bits per heavy atom. The first-order chi connectivity index (χ1) is 15.2. The Morgan fingerprint density at radius 1 is 1.03 bits per heavy atom. The second kappa shape index (κ2) is 8.88. The minimum Gasteiger partial charge on any atom is -0.437 e. The molecule has 5 nitrogen and oxygen atoms in total. The molecule has 0 N–H and O–H groups in total. The molecule has 0 radical (unpaired) electrons. The van der Waals surface area contributed by atoms with Crippen molar-refractivity contribution in [2.45, 2.75) is 114 Å². The van der Waals surface area contributed by atoms with Gasteiger partial charge in [-0.05, 0) is 51.8 Å². The Balaban J connectivity index is 2.13. The summed E-state index contributed by atoms with van der Waals surface area (Å²) in [5.41, 5.74) is 2.27. The molecule has 184 valence electrons. The highest BCUT2D eigenvalue weighted by molar-refractivity contribution is 7.95. The lowest BCUT2D eigenvalue weighted by atomic mass is 9.96. The van der Waals surface area contributed by atoms with Crippen LogP contribution in [0, 0.1) is 6.92 Å². The maximum absolute atomic E-state index is 13.7. The zero-order valence-electron chi connectivity index (χ0n) is 21.7. The lowest BCUT2D eigenvalue weighted by molar-refractivity contribution is 0.0921. The summed E-state index contributed by atoms with van der Waals surface area (Å²) in [4.78, 5) is 15.5. The van der Waals surface area contributed by atoms with E-state index in [1.807, 2.05) is 32.9 Å². The third kappa shape index (κ3) is 4.31. The van der Waals surface area contributed by atoms with Crippen molar-refractivity contribution in [3.63, 3.8) is 0 Å². The Hall–Kier alpha value is -1.60. The van der Waals surface area contributed by atoms with Gasteiger partial charge in [0.05, 0.1) is 23.6 Å². The lowest BCUT2D eigenvalue weighted by Gasteiger charge is -2.47. The van der Waals surface area contributed by atoms with E-state index in [9.17, 15) is 13.2 Å². The van der Waals surface area contributed by atoms with E-state index in [0.717, 1.165) is 11.6 Å². The predicted octanol–water partition coefficient (Wildman–Crippen LogP) is 7.05. The maximum atomic E-state index is 13.7. The van der Waals surface area contributed by atoms with Crippen LogP contribution in [0.2, 0.25) is 22.7 Å². The van der Waals surface area contributed by atoms with Gasteiger partial charge in [-0.1, -0.05) is 75.9 Å². The topological polar surface area (TPSA) is 63.7 Å². The normalized spacial score (nSPS) is 21.3. The van der Waals surface area contributed by atoms with Gasteiger partial charge in [-0.3, -0.25) is 4.90 Å². The van der Waals surface area contributed by atoms with E-state index in [-0.39, 0.29) is 10.9 Å². The lowest BCUT2D eigenvalue weighted by Crippen LogP contribution is -2.52. The highest BCUT2D eigenvalue weighted by atomic mass is 32.2. The zero-order valence-corrected chi connectivity index (χ0v) is 23.5. The molecule has 2 aliphatic rings. The second-order valence-corrected chi connectivity index (χ2v) is 19.4. The highest BCUT2D eigenvalue weighted by Gasteiger charge is 2.54. The molecule has 7 heteroatoms. The van der Waals surface area contributed by atoms with Crippen LogP contribution in [0.1, 0.15) is 73.8 Å². The van der Waals surface area contributed by atoms with Crippen molar-refractivity contribution in [3.8, 4) is 0 Å². The number of cyclic esters (lactones) is 1. The molecule has 1 aromatic rings. The molecule has 33 heavy (non-hydrogen) atoms. The minimum absolute atomic E-state index is 0.0230. The van der Waals surface area contributed by atoms with Crippen LogP contribution in [0.15, 0.2) is 39.8 Å². The largest absolute Gasteiger partial charge is 0.437 e. The molecule has 0 aromatic heterocycles. The second-order valence-electron chi connectivity index (χ2n) is 11.3. The van der Waals surface area contributed by atoms with Crippen LogP contribution in [0.4, 0.5) is 4.79 Å². The number of carbonyl (C=O) groups is 1. The average molecular weight is 492 g/mol. The van der Waals surface area contributed by atoms with Crippen LogP contribution in [0.5, 0.6) is 0 Å². The van der Waals surface area contributed by atoms with Crippen LogP contribution in [0.3, 0.4) is 0 Å². The molecular weight excluding hydrogens is 450 g/mol. The average Bonchev–Trinajstić information content (AvgIpc) is 2.94. The van der Waals surface area contributed by atoms with Gasteiger partial charge in [-0.25, -0.2) is 13.2 Å². The Morgan fingerprint density at radius 3 is 2.03 bits per heavy atom. The van der Waals surface area contributed by atoms with E-state index in [2.05, 4.69) is 41.5 Å². The molecule has 3 rings (SSSR count). The van der Waals surface area contributed by atoms with E-state index in [4.69, 9.17) is 4.74 Å². The van der Waals surface area contributed by atoms with Crippen molar-refractivity contribution in [2.24, 2.45) is 0 Å². The van der Waals surface area contributed by atoms with Crippen LogP contribution in [-0.4, -0.2) is 39.1 Å². The van der Waals surface area contributed by atoms with Crippen LogP contribution in [0.25, 0.3) is 0 Å². The standard InChI is InChI=1S/C26H41NO4SSi/c1-17(2)33(18(3)4,19(5)6)16-21-12-15-23(24-26(8,9)31-25(28)27(21)24)32(29,30)22-13-10-20(7)11-14-22/h10-11,13-14,17-19,21H,12,15-16H2,1-9H3. The smallest absolute Gasteiger partial charge is 0.415 e. The number of hydrogen-bond acceptors (Lipinski definition) is 4. The van der Waals surface area contributed by atoms with Crippen molar-refractivity contribution in [1.82, 2.24) is 4.90 Å². The summed E-state index contributed by atoms with van der Waals surface area (Å²) < 4.78 is 33.2. The van der Waals surface area contributed by atoms with Crippen LogP contribution < -0.4 is 0 Å². The predicted molar refractivity (Wildman–Crippen MR) is 137 cm³/mol. The Kier molecular flexibility index (Phi) is 7.00. The number of hydrogen-bond donors (Lipinski definition) is 0. The number of ether oxygens (including phenoxy) is 1. The van der Waals surface area contributed by atoms with Crippen molar-refractivity contribution in [2.75, 3.05) is 0 Å². The van der Waals surface area contributed by atoms with Crippen molar-refractivity contribution in [3.05, 3.63) is 40.4 Å². The van der Waals surface area contributed by atoms with Gasteiger partial charge >= 0.3 is 6.09 Å². The van der Waals surface area contributed by atoms with Gasteiger partial charge in [0.25, 0.3) is 0 Å². The fourth-order valence-electron chi connectivity index (χ4n) is 6.47. The fraction of sp³-hybridized carbons (Fsp3) is 0.654. The Bertz CT molecular complexity index is 1020. The van der Waals surface area contributed by atoms with Crippen molar-refractivity contribution in [1.29, 1.82) is 0 Å². The molecule has 1 fully saturated rings. The molecule has 1 unspecified atom stereocenters. The van der Waals surface area contributed by atoms with E-state index >= 15 is 0 Å². The fourth-order valence-corrected chi connectivity index (χ4v) is 14.9. The van der Waals surface area contributed by atoms with Gasteiger partial charge in [-0.15, -0.1) is 0 Å². The number of amides is 1. The van der Waals surface area contributed by atoms with E-state index < -0.39 is 29.6 Å². The summed E-state index contributed by atoms with van der Waals surface area (Å²) in [6, 6.07) is 7.89. The number of nitrogens with zero attached hydrogens (tertiary/aromatic N) is 1. The van der Waals surface area contributed by atoms with Crippen LogP contribution in [-0.2, 0) is 14.6 Å². The van der Waals surface area contributed by atoms with Gasteiger partial charge in [0.2, 0.25) is 9.84 Å². The number of sulfone groups is 1. The SMILES string of the molecule is Cc1ccc(S(=O)(=O)C2=C3N(C(=O)OC3(C)C)C(C[Si](C(C)C)(C(C)C)C(C)C)CC2)cc1. The molecular formula is C26H41NO4SSi. The van der Waals surface area contributed by atoms with Crippen molar-refractivity contribution >= 4 is 24.0 Å².